The number of aryl methyl sites for hydroxylation is 2. The van der Waals surface area contributed by atoms with E-state index in [1.54, 1.807) is 0 Å². The lowest BCUT2D eigenvalue weighted by atomic mass is 10.0. The van der Waals surface area contributed by atoms with Gasteiger partial charge in [0.1, 0.15) is 0 Å². The fraction of sp³-hybridized carbons (Fsp3) is 0.350. The third-order valence-electron chi connectivity index (χ3n) is 3.58. The van der Waals surface area contributed by atoms with Crippen LogP contribution in [-0.4, -0.2) is 6.54 Å². The van der Waals surface area contributed by atoms with Crippen LogP contribution < -0.4 is 5.32 Å². The molecule has 2 nitrogen and oxygen atoms in total. The second-order valence-electron chi connectivity index (χ2n) is 5.11. The first-order valence-corrected chi connectivity index (χ1v) is 7.95. The lowest BCUT2D eigenvalue weighted by Crippen LogP contribution is -2.17. The third kappa shape index (κ3) is 5.35. The SMILES string of the molecule is CC.Cc1cccc(C)c1CCNCc1cccc(C#N)c1. The molecular weight excluding hydrogens is 268 g/mol. The smallest absolute Gasteiger partial charge is 0.0991 e. The van der Waals surface area contributed by atoms with Gasteiger partial charge in [0, 0.05) is 6.54 Å². The number of benzene rings is 2. The predicted octanol–water partition coefficient (Wildman–Crippen LogP) is 4.53. The van der Waals surface area contributed by atoms with E-state index in [4.69, 9.17) is 5.26 Å². The molecule has 2 heteroatoms. The summed E-state index contributed by atoms with van der Waals surface area (Å²) in [6, 6.07) is 16.4. The monoisotopic (exact) mass is 294 g/mol. The van der Waals surface area contributed by atoms with Gasteiger partial charge in [0.15, 0.2) is 0 Å². The molecule has 22 heavy (non-hydrogen) atoms. The molecule has 2 aromatic carbocycles. The Morgan fingerprint density at radius 3 is 2.27 bits per heavy atom. The van der Waals surface area contributed by atoms with Gasteiger partial charge in [-0.1, -0.05) is 44.2 Å². The number of rotatable bonds is 5. The Kier molecular flexibility index (Phi) is 7.96. The fourth-order valence-corrected chi connectivity index (χ4v) is 2.44. The Labute approximate surface area is 134 Å². The van der Waals surface area contributed by atoms with Crippen molar-refractivity contribution >= 4 is 0 Å². The first kappa shape index (κ1) is 17.9. The molecule has 0 fully saturated rings. The summed E-state index contributed by atoms with van der Waals surface area (Å²) in [6.45, 7) is 10.1. The van der Waals surface area contributed by atoms with Crippen molar-refractivity contribution in [3.05, 3.63) is 70.3 Å². The largest absolute Gasteiger partial charge is 0.312 e. The van der Waals surface area contributed by atoms with Gasteiger partial charge in [-0.3, -0.25) is 0 Å². The predicted molar refractivity (Wildman–Crippen MR) is 93.8 cm³/mol. The highest BCUT2D eigenvalue weighted by Crippen LogP contribution is 2.13. The van der Waals surface area contributed by atoms with Crippen molar-refractivity contribution in [3.8, 4) is 6.07 Å². The van der Waals surface area contributed by atoms with E-state index in [0.717, 1.165) is 30.6 Å². The van der Waals surface area contributed by atoms with Crippen LogP contribution in [0.15, 0.2) is 42.5 Å². The van der Waals surface area contributed by atoms with Crippen LogP contribution in [-0.2, 0) is 13.0 Å². The first-order chi connectivity index (χ1) is 10.7. The van der Waals surface area contributed by atoms with Crippen LogP contribution in [0.5, 0.6) is 0 Å². The lowest BCUT2D eigenvalue weighted by Gasteiger charge is -2.10. The molecule has 0 bridgehead atoms. The van der Waals surface area contributed by atoms with Crippen LogP contribution in [0, 0.1) is 25.2 Å². The van der Waals surface area contributed by atoms with Gasteiger partial charge in [0.25, 0.3) is 0 Å². The normalized spacial score (nSPS) is 9.59. The Hall–Kier alpha value is -2.11. The molecule has 0 heterocycles. The molecule has 0 aliphatic rings. The van der Waals surface area contributed by atoms with Crippen molar-refractivity contribution in [2.45, 2.75) is 40.7 Å². The van der Waals surface area contributed by atoms with Crippen molar-refractivity contribution in [1.82, 2.24) is 5.32 Å². The Balaban J connectivity index is 0.00000116. The Morgan fingerprint density at radius 2 is 1.64 bits per heavy atom. The minimum atomic E-state index is 0.721. The summed E-state index contributed by atoms with van der Waals surface area (Å²) in [7, 11) is 0. The molecule has 0 amide bonds. The molecular formula is C20H26N2. The molecule has 0 unspecified atom stereocenters. The van der Waals surface area contributed by atoms with E-state index in [9.17, 15) is 0 Å². The van der Waals surface area contributed by atoms with E-state index in [1.807, 2.05) is 38.1 Å². The zero-order chi connectivity index (χ0) is 16.4. The van der Waals surface area contributed by atoms with E-state index in [2.05, 4.69) is 43.4 Å². The quantitative estimate of drug-likeness (QED) is 0.822. The summed E-state index contributed by atoms with van der Waals surface area (Å²) in [5, 5.41) is 12.3. The fourth-order valence-electron chi connectivity index (χ4n) is 2.44. The highest BCUT2D eigenvalue weighted by molar-refractivity contribution is 5.34. The summed E-state index contributed by atoms with van der Waals surface area (Å²) in [6.07, 6.45) is 1.04. The summed E-state index contributed by atoms with van der Waals surface area (Å²) in [5.41, 5.74) is 6.03. The molecule has 0 aromatic heterocycles. The lowest BCUT2D eigenvalue weighted by molar-refractivity contribution is 0.684. The molecule has 0 atom stereocenters. The van der Waals surface area contributed by atoms with E-state index in [1.165, 1.54) is 16.7 Å². The summed E-state index contributed by atoms with van der Waals surface area (Å²) < 4.78 is 0. The molecule has 0 saturated carbocycles. The van der Waals surface area contributed by atoms with Crippen LogP contribution in [0.2, 0.25) is 0 Å². The van der Waals surface area contributed by atoms with Crippen LogP contribution >= 0.6 is 0 Å². The van der Waals surface area contributed by atoms with Crippen LogP contribution in [0.3, 0.4) is 0 Å². The van der Waals surface area contributed by atoms with Gasteiger partial charge < -0.3 is 5.32 Å². The second kappa shape index (κ2) is 9.76. The average molecular weight is 294 g/mol. The third-order valence-corrected chi connectivity index (χ3v) is 3.58. The highest BCUT2D eigenvalue weighted by Gasteiger charge is 2.01. The van der Waals surface area contributed by atoms with Gasteiger partial charge in [-0.05, 0) is 61.2 Å². The van der Waals surface area contributed by atoms with E-state index in [0.29, 0.717) is 0 Å². The molecule has 0 aliphatic heterocycles. The zero-order valence-electron chi connectivity index (χ0n) is 14.1. The number of hydrogen-bond donors (Lipinski definition) is 1. The standard InChI is InChI=1S/C18H20N2.C2H6/c1-14-5-3-6-15(2)18(14)9-10-20-13-17-8-4-7-16(11-17)12-19;1-2/h3-8,11,20H,9-10,13H2,1-2H3;1-2H3. The van der Waals surface area contributed by atoms with Crippen molar-refractivity contribution in [2.75, 3.05) is 6.54 Å². The van der Waals surface area contributed by atoms with Gasteiger partial charge in [-0.15, -0.1) is 0 Å². The number of nitriles is 1. The van der Waals surface area contributed by atoms with Gasteiger partial charge in [-0.2, -0.15) is 5.26 Å². The molecule has 0 spiro atoms. The zero-order valence-corrected chi connectivity index (χ0v) is 14.1. The minimum Gasteiger partial charge on any atom is -0.312 e. The van der Waals surface area contributed by atoms with Gasteiger partial charge >= 0.3 is 0 Å². The molecule has 0 saturated heterocycles. The molecule has 116 valence electrons. The van der Waals surface area contributed by atoms with E-state index >= 15 is 0 Å². The van der Waals surface area contributed by atoms with Gasteiger partial charge in [0.05, 0.1) is 11.6 Å². The van der Waals surface area contributed by atoms with E-state index < -0.39 is 0 Å². The number of nitrogens with zero attached hydrogens (tertiary/aromatic N) is 1. The Bertz CT molecular complexity index is 604. The number of hydrogen-bond acceptors (Lipinski definition) is 2. The molecule has 0 aliphatic carbocycles. The Morgan fingerprint density at radius 1 is 1.00 bits per heavy atom. The first-order valence-electron chi connectivity index (χ1n) is 7.95. The number of nitrogens with one attached hydrogen (secondary N) is 1. The van der Waals surface area contributed by atoms with E-state index in [-0.39, 0.29) is 0 Å². The van der Waals surface area contributed by atoms with Gasteiger partial charge in [-0.25, -0.2) is 0 Å². The molecule has 0 radical (unpaired) electrons. The maximum Gasteiger partial charge on any atom is 0.0991 e. The summed E-state index contributed by atoms with van der Waals surface area (Å²) in [4.78, 5) is 0. The summed E-state index contributed by atoms with van der Waals surface area (Å²) in [5.74, 6) is 0. The second-order valence-corrected chi connectivity index (χ2v) is 5.11. The van der Waals surface area contributed by atoms with Crippen LogP contribution in [0.4, 0.5) is 0 Å². The summed E-state index contributed by atoms with van der Waals surface area (Å²) >= 11 is 0. The highest BCUT2D eigenvalue weighted by atomic mass is 14.8. The molecule has 2 rings (SSSR count). The van der Waals surface area contributed by atoms with Crippen molar-refractivity contribution in [2.24, 2.45) is 0 Å². The minimum absolute atomic E-state index is 0.721. The maximum atomic E-state index is 8.87. The van der Waals surface area contributed by atoms with Crippen LogP contribution in [0.25, 0.3) is 0 Å². The van der Waals surface area contributed by atoms with Crippen molar-refractivity contribution in [3.63, 3.8) is 0 Å². The van der Waals surface area contributed by atoms with Crippen LogP contribution in [0.1, 0.15) is 41.7 Å². The maximum absolute atomic E-state index is 8.87. The molecule has 2 aromatic rings. The molecule has 1 N–H and O–H groups in total. The average Bonchev–Trinajstić information content (AvgIpc) is 2.56. The van der Waals surface area contributed by atoms with Gasteiger partial charge in [0.2, 0.25) is 0 Å². The van der Waals surface area contributed by atoms with Crippen molar-refractivity contribution in [1.29, 1.82) is 5.26 Å². The van der Waals surface area contributed by atoms with Crippen molar-refractivity contribution < 1.29 is 0 Å². The topological polar surface area (TPSA) is 35.8 Å².